The van der Waals surface area contributed by atoms with E-state index in [1.54, 1.807) is 57.2 Å². The van der Waals surface area contributed by atoms with E-state index in [0.717, 1.165) is 0 Å². The molecule has 0 aliphatic carbocycles. The van der Waals surface area contributed by atoms with Crippen LogP contribution in [-0.2, 0) is 25.6 Å². The largest absolute Gasteiger partial charge is 0.496 e. The van der Waals surface area contributed by atoms with Gasteiger partial charge in [0.15, 0.2) is 11.6 Å². The Hall–Kier alpha value is -4.85. The summed E-state index contributed by atoms with van der Waals surface area (Å²) in [6, 6.07) is 9.20. The fourth-order valence-electron chi connectivity index (χ4n) is 5.26. The van der Waals surface area contributed by atoms with Gasteiger partial charge >= 0.3 is 5.97 Å². The standard InChI is InChI=1S/C32H39FN6O7/c1-19(2)30(36-28(41)16-22-15-21(9-10-27(22)45-4)32-34-20(3)37-46-32)31(44)35-24(17-29(42)43)26(40)18-38-11-13-39(14-12-38)25-8-6-5-7-23(25)33/h5-10,15,19,24,30H,11-14,16-18H2,1-4H3,(H,35,44)(H,36,41)(H,42,43)/t24-,30-/m0/s1. The fraction of sp³-hybridized carbons (Fsp3) is 0.438. The van der Waals surface area contributed by atoms with Crippen molar-refractivity contribution in [3.8, 4) is 17.2 Å². The Morgan fingerprint density at radius 1 is 1.07 bits per heavy atom. The number of carbonyl (C=O) groups excluding carboxylic acids is 3. The number of halogens is 1. The number of hydrogen-bond donors (Lipinski definition) is 3. The Kier molecular flexibility index (Phi) is 11.4. The summed E-state index contributed by atoms with van der Waals surface area (Å²) >= 11 is 0. The third kappa shape index (κ3) is 8.87. The number of amides is 2. The number of rotatable bonds is 14. The predicted molar refractivity (Wildman–Crippen MR) is 166 cm³/mol. The molecule has 3 aromatic rings. The number of para-hydroxylation sites is 1. The van der Waals surface area contributed by atoms with Crippen molar-refractivity contribution in [1.82, 2.24) is 25.7 Å². The van der Waals surface area contributed by atoms with Crippen LogP contribution in [0.3, 0.4) is 0 Å². The van der Waals surface area contributed by atoms with E-state index in [0.29, 0.717) is 54.6 Å². The highest BCUT2D eigenvalue weighted by Gasteiger charge is 2.32. The molecule has 4 rings (SSSR count). The second kappa shape index (κ2) is 15.4. The normalized spacial score (nSPS) is 14.9. The number of benzene rings is 2. The summed E-state index contributed by atoms with van der Waals surface area (Å²) in [6.07, 6.45) is -0.755. The van der Waals surface area contributed by atoms with Crippen molar-refractivity contribution in [2.24, 2.45) is 5.92 Å². The Morgan fingerprint density at radius 2 is 1.78 bits per heavy atom. The molecule has 0 radical (unpaired) electrons. The van der Waals surface area contributed by atoms with Crippen LogP contribution in [0.4, 0.5) is 10.1 Å². The van der Waals surface area contributed by atoms with E-state index in [1.165, 1.54) is 13.2 Å². The first-order valence-corrected chi connectivity index (χ1v) is 15.0. The number of piperazine rings is 1. The van der Waals surface area contributed by atoms with Gasteiger partial charge in [-0.15, -0.1) is 0 Å². The number of ether oxygens (including phenoxy) is 1. The topological polar surface area (TPSA) is 167 Å². The number of nitrogens with one attached hydrogen (secondary N) is 2. The van der Waals surface area contributed by atoms with Gasteiger partial charge in [-0.2, -0.15) is 4.98 Å². The second-order valence-corrected chi connectivity index (χ2v) is 11.5. The zero-order valence-corrected chi connectivity index (χ0v) is 26.3. The molecule has 0 spiro atoms. The number of carbonyl (C=O) groups is 4. The first-order valence-electron chi connectivity index (χ1n) is 15.0. The zero-order chi connectivity index (χ0) is 33.4. The quantitative estimate of drug-likeness (QED) is 0.237. The van der Waals surface area contributed by atoms with E-state index >= 15 is 0 Å². The van der Waals surface area contributed by atoms with Crippen LogP contribution in [0.25, 0.3) is 11.5 Å². The van der Waals surface area contributed by atoms with Crippen molar-refractivity contribution in [2.75, 3.05) is 44.7 Å². The van der Waals surface area contributed by atoms with Crippen LogP contribution in [0.5, 0.6) is 5.75 Å². The van der Waals surface area contributed by atoms with Gasteiger partial charge in [-0.25, -0.2) is 4.39 Å². The van der Waals surface area contributed by atoms with Crippen molar-refractivity contribution >= 4 is 29.3 Å². The highest BCUT2D eigenvalue weighted by atomic mass is 19.1. The van der Waals surface area contributed by atoms with Crippen LogP contribution in [-0.4, -0.2) is 95.6 Å². The molecule has 13 nitrogen and oxygen atoms in total. The molecule has 2 heterocycles. The number of aliphatic carboxylic acids is 1. The number of carboxylic acids is 1. The van der Waals surface area contributed by atoms with Gasteiger partial charge in [0, 0.05) is 37.3 Å². The van der Waals surface area contributed by atoms with Crippen LogP contribution in [0, 0.1) is 18.7 Å². The van der Waals surface area contributed by atoms with Gasteiger partial charge in [0.1, 0.15) is 17.6 Å². The Labute approximate surface area is 266 Å². The second-order valence-electron chi connectivity index (χ2n) is 11.5. The van der Waals surface area contributed by atoms with Gasteiger partial charge in [0.05, 0.1) is 38.2 Å². The van der Waals surface area contributed by atoms with Crippen LogP contribution in [0.1, 0.15) is 31.7 Å². The third-order valence-electron chi connectivity index (χ3n) is 7.70. The molecule has 1 fully saturated rings. The van der Waals surface area contributed by atoms with Gasteiger partial charge in [0.25, 0.3) is 5.89 Å². The van der Waals surface area contributed by atoms with E-state index in [4.69, 9.17) is 9.26 Å². The summed E-state index contributed by atoms with van der Waals surface area (Å²) in [7, 11) is 1.47. The van der Waals surface area contributed by atoms with Crippen LogP contribution < -0.4 is 20.3 Å². The molecule has 1 aliphatic rings. The maximum atomic E-state index is 14.2. The van der Waals surface area contributed by atoms with E-state index in [1.807, 2.05) is 9.80 Å². The smallest absolute Gasteiger partial charge is 0.305 e. The van der Waals surface area contributed by atoms with E-state index in [-0.39, 0.29) is 30.6 Å². The lowest BCUT2D eigenvalue weighted by Gasteiger charge is -2.36. The maximum absolute atomic E-state index is 14.2. The Morgan fingerprint density at radius 3 is 2.39 bits per heavy atom. The van der Waals surface area contributed by atoms with Crippen LogP contribution in [0.15, 0.2) is 47.0 Å². The molecule has 246 valence electrons. The Balaban J connectivity index is 1.38. The molecule has 14 heteroatoms. The molecule has 3 N–H and O–H groups in total. The van der Waals surface area contributed by atoms with E-state index in [9.17, 15) is 28.7 Å². The SMILES string of the molecule is COc1ccc(-c2nc(C)no2)cc1CC(=O)N[C@H](C(=O)N[C@@H](CC(=O)O)C(=O)CN1CCN(c2ccccc2F)CC1)C(C)C. The average Bonchev–Trinajstić information content (AvgIpc) is 3.46. The summed E-state index contributed by atoms with van der Waals surface area (Å²) in [5.74, 6) is -2.41. The lowest BCUT2D eigenvalue weighted by molar-refractivity contribution is -0.141. The third-order valence-corrected chi connectivity index (χ3v) is 7.70. The van der Waals surface area contributed by atoms with Gasteiger partial charge < -0.3 is 29.9 Å². The molecular weight excluding hydrogens is 599 g/mol. The Bertz CT molecular complexity index is 1550. The van der Waals surface area contributed by atoms with E-state index < -0.39 is 42.1 Å². The molecule has 1 saturated heterocycles. The molecule has 2 aromatic carbocycles. The van der Waals surface area contributed by atoms with Gasteiger partial charge in [-0.05, 0) is 43.2 Å². The average molecular weight is 639 g/mol. The monoisotopic (exact) mass is 638 g/mol. The first-order chi connectivity index (χ1) is 21.9. The maximum Gasteiger partial charge on any atom is 0.305 e. The van der Waals surface area contributed by atoms with Crippen LogP contribution in [0.2, 0.25) is 0 Å². The summed E-state index contributed by atoms with van der Waals surface area (Å²) in [4.78, 5) is 59.4. The zero-order valence-electron chi connectivity index (χ0n) is 26.3. The number of Topliss-reactive ketones (excluding diaryl/α,β-unsaturated/α-hetero) is 1. The summed E-state index contributed by atoms with van der Waals surface area (Å²) in [5.41, 5.74) is 1.59. The number of nitrogens with zero attached hydrogens (tertiary/aromatic N) is 4. The number of ketones is 1. The molecular formula is C32H39FN6O7. The van der Waals surface area contributed by atoms with Crippen molar-refractivity contribution in [2.45, 2.75) is 45.7 Å². The summed E-state index contributed by atoms with van der Waals surface area (Å²) in [6.45, 7) is 6.93. The minimum absolute atomic E-state index is 0.0856. The van der Waals surface area contributed by atoms with Crippen molar-refractivity contribution in [3.05, 3.63) is 59.7 Å². The number of methoxy groups -OCH3 is 1. The number of hydrogen-bond acceptors (Lipinski definition) is 10. The lowest BCUT2D eigenvalue weighted by Crippen LogP contribution is -2.56. The molecule has 46 heavy (non-hydrogen) atoms. The highest BCUT2D eigenvalue weighted by molar-refractivity contribution is 5.95. The minimum atomic E-state index is -1.30. The van der Waals surface area contributed by atoms with Gasteiger partial charge in [-0.1, -0.05) is 31.1 Å². The molecule has 0 unspecified atom stereocenters. The minimum Gasteiger partial charge on any atom is -0.496 e. The highest BCUT2D eigenvalue weighted by Crippen LogP contribution is 2.26. The molecule has 0 saturated carbocycles. The molecule has 0 bridgehead atoms. The predicted octanol–water partition coefficient (Wildman–Crippen LogP) is 2.23. The van der Waals surface area contributed by atoms with Crippen molar-refractivity contribution in [3.63, 3.8) is 0 Å². The summed E-state index contributed by atoms with van der Waals surface area (Å²) < 4.78 is 24.8. The number of carboxylic acid groups (broad SMARTS) is 1. The number of aryl methyl sites for hydroxylation is 1. The molecule has 1 aromatic heterocycles. The first kappa shape index (κ1) is 34.0. The van der Waals surface area contributed by atoms with Gasteiger partial charge in [0.2, 0.25) is 11.8 Å². The van der Waals surface area contributed by atoms with Crippen molar-refractivity contribution in [1.29, 1.82) is 0 Å². The number of anilines is 1. The number of aromatic nitrogens is 2. The fourth-order valence-corrected chi connectivity index (χ4v) is 5.26. The molecule has 1 aliphatic heterocycles. The van der Waals surface area contributed by atoms with Gasteiger partial charge in [-0.3, -0.25) is 24.1 Å². The molecule has 2 amide bonds. The van der Waals surface area contributed by atoms with Crippen LogP contribution >= 0.6 is 0 Å². The lowest BCUT2D eigenvalue weighted by atomic mass is 10.0. The van der Waals surface area contributed by atoms with Crippen molar-refractivity contribution < 1.29 is 37.9 Å². The van der Waals surface area contributed by atoms with E-state index in [2.05, 4.69) is 20.8 Å². The summed E-state index contributed by atoms with van der Waals surface area (Å²) in [5, 5.41) is 18.6. The molecule has 2 atom stereocenters.